The van der Waals surface area contributed by atoms with E-state index >= 15 is 0 Å². The zero-order valence-corrected chi connectivity index (χ0v) is 16.2. The van der Waals surface area contributed by atoms with Crippen molar-refractivity contribution in [2.24, 2.45) is 0 Å². The molecule has 13 heteroatoms. The lowest BCUT2D eigenvalue weighted by molar-refractivity contribution is -0.143. The minimum atomic E-state index is -5.07. The third-order valence-corrected chi connectivity index (χ3v) is 4.43. The molecule has 0 saturated carbocycles. The summed E-state index contributed by atoms with van der Waals surface area (Å²) >= 11 is 6.16. The van der Waals surface area contributed by atoms with Gasteiger partial charge in [-0.15, -0.1) is 4.80 Å². The monoisotopic (exact) mass is 463 g/mol. The average molecular weight is 464 g/mol. The Balaban J connectivity index is 1.97. The van der Waals surface area contributed by atoms with Gasteiger partial charge in [0.2, 0.25) is 0 Å². The first-order valence-electron chi connectivity index (χ1n) is 8.49. The van der Waals surface area contributed by atoms with Gasteiger partial charge in [0.15, 0.2) is 0 Å². The first-order chi connectivity index (χ1) is 14.4. The number of rotatable bonds is 4. The fraction of sp³-hybridized carbons (Fsp3) is 0.222. The second-order valence-corrected chi connectivity index (χ2v) is 6.74. The summed E-state index contributed by atoms with van der Waals surface area (Å²) in [6.45, 7) is 1.43. The molecule has 3 aromatic rings. The molecular formula is C18H12ClF6N5O. The molecule has 0 aliphatic heterocycles. The molecule has 6 nitrogen and oxygen atoms in total. The SMILES string of the molecule is CC(NC(=O)c1cc(C(F)(F)F)cc(C(F)(F)F)c1)c1nccc(Cl)c1-n1nccn1. The number of aromatic nitrogens is 4. The summed E-state index contributed by atoms with van der Waals surface area (Å²) in [5.74, 6) is -1.16. The molecule has 1 amide bonds. The number of nitrogens with zero attached hydrogens (tertiary/aromatic N) is 4. The Labute approximate surface area is 175 Å². The molecule has 1 atom stereocenters. The van der Waals surface area contributed by atoms with Crippen molar-refractivity contribution in [1.29, 1.82) is 0 Å². The van der Waals surface area contributed by atoms with Crippen LogP contribution in [0.2, 0.25) is 5.02 Å². The predicted octanol–water partition coefficient (Wildman–Crippen LogP) is 4.84. The van der Waals surface area contributed by atoms with Gasteiger partial charge in [0.05, 0.1) is 40.3 Å². The number of hydrogen-bond acceptors (Lipinski definition) is 4. The number of pyridine rings is 1. The average Bonchev–Trinajstić information content (AvgIpc) is 3.20. The molecule has 3 rings (SSSR count). The first-order valence-corrected chi connectivity index (χ1v) is 8.87. The van der Waals surface area contributed by atoms with Crippen molar-refractivity contribution in [3.63, 3.8) is 0 Å². The number of alkyl halides is 6. The normalized spacial score (nSPS) is 13.2. The molecule has 164 valence electrons. The van der Waals surface area contributed by atoms with Crippen LogP contribution in [0.15, 0.2) is 42.9 Å². The molecule has 1 unspecified atom stereocenters. The number of hydrogen-bond donors (Lipinski definition) is 1. The van der Waals surface area contributed by atoms with Crippen molar-refractivity contribution in [2.75, 3.05) is 0 Å². The quantitative estimate of drug-likeness (QED) is 0.562. The Kier molecular flexibility index (Phi) is 5.94. The van der Waals surface area contributed by atoms with Crippen LogP contribution in [0.1, 0.15) is 40.1 Å². The summed E-state index contributed by atoms with van der Waals surface area (Å²) in [4.78, 5) is 17.7. The highest BCUT2D eigenvalue weighted by atomic mass is 35.5. The molecule has 0 aliphatic carbocycles. The van der Waals surface area contributed by atoms with Gasteiger partial charge in [0, 0.05) is 11.8 Å². The Morgan fingerprint density at radius 2 is 1.55 bits per heavy atom. The summed E-state index contributed by atoms with van der Waals surface area (Å²) in [7, 11) is 0. The van der Waals surface area contributed by atoms with E-state index in [1.165, 1.54) is 31.6 Å². The van der Waals surface area contributed by atoms with E-state index in [9.17, 15) is 31.1 Å². The molecule has 0 radical (unpaired) electrons. The summed E-state index contributed by atoms with van der Waals surface area (Å²) in [5.41, 5.74) is -3.65. The van der Waals surface area contributed by atoms with Crippen molar-refractivity contribution in [1.82, 2.24) is 25.3 Å². The molecule has 0 aliphatic rings. The van der Waals surface area contributed by atoms with Crippen LogP contribution < -0.4 is 5.32 Å². The van der Waals surface area contributed by atoms with Crippen LogP contribution in [0, 0.1) is 0 Å². The van der Waals surface area contributed by atoms with Crippen LogP contribution in [0.3, 0.4) is 0 Å². The third kappa shape index (κ3) is 4.95. The zero-order valence-electron chi connectivity index (χ0n) is 15.5. The van der Waals surface area contributed by atoms with Crippen LogP contribution >= 0.6 is 11.6 Å². The van der Waals surface area contributed by atoms with Crippen molar-refractivity contribution >= 4 is 17.5 Å². The zero-order chi connectivity index (χ0) is 23.0. The largest absolute Gasteiger partial charge is 0.416 e. The maximum absolute atomic E-state index is 13.0. The molecule has 31 heavy (non-hydrogen) atoms. The number of halogens is 7. The number of carbonyl (C=O) groups excluding carboxylic acids is 1. The third-order valence-electron chi connectivity index (χ3n) is 4.13. The van der Waals surface area contributed by atoms with Crippen molar-refractivity contribution in [2.45, 2.75) is 25.3 Å². The van der Waals surface area contributed by atoms with Crippen molar-refractivity contribution in [3.8, 4) is 5.69 Å². The molecule has 1 N–H and O–H groups in total. The van der Waals surface area contributed by atoms with E-state index in [2.05, 4.69) is 20.5 Å². The van der Waals surface area contributed by atoms with Crippen molar-refractivity contribution in [3.05, 3.63) is 70.3 Å². The number of benzene rings is 1. The topological polar surface area (TPSA) is 72.7 Å². The lowest BCUT2D eigenvalue weighted by Crippen LogP contribution is -2.29. The van der Waals surface area contributed by atoms with Gasteiger partial charge in [-0.1, -0.05) is 11.6 Å². The van der Waals surface area contributed by atoms with Gasteiger partial charge in [-0.05, 0) is 31.2 Å². The van der Waals surface area contributed by atoms with Crippen LogP contribution in [0.4, 0.5) is 26.3 Å². The van der Waals surface area contributed by atoms with E-state index in [-0.39, 0.29) is 22.5 Å². The Morgan fingerprint density at radius 1 is 1.00 bits per heavy atom. The molecule has 0 spiro atoms. The fourth-order valence-electron chi connectivity index (χ4n) is 2.73. The number of carbonyl (C=O) groups is 1. The van der Waals surface area contributed by atoms with Crippen LogP contribution in [-0.2, 0) is 12.4 Å². The van der Waals surface area contributed by atoms with E-state index in [0.29, 0.717) is 12.1 Å². The van der Waals surface area contributed by atoms with Crippen molar-refractivity contribution < 1.29 is 31.1 Å². The Morgan fingerprint density at radius 3 is 2.06 bits per heavy atom. The highest BCUT2D eigenvalue weighted by Crippen LogP contribution is 2.36. The molecule has 0 fully saturated rings. The van der Waals surface area contributed by atoms with E-state index in [4.69, 9.17) is 11.6 Å². The van der Waals surface area contributed by atoms with Gasteiger partial charge in [-0.2, -0.15) is 36.5 Å². The van der Waals surface area contributed by atoms with E-state index in [0.717, 1.165) is 4.80 Å². The molecule has 2 aromatic heterocycles. The second-order valence-electron chi connectivity index (χ2n) is 6.33. The highest BCUT2D eigenvalue weighted by Gasteiger charge is 2.37. The van der Waals surface area contributed by atoms with E-state index in [1.807, 2.05) is 0 Å². The van der Waals surface area contributed by atoms with Gasteiger partial charge in [-0.25, -0.2) is 0 Å². The highest BCUT2D eigenvalue weighted by molar-refractivity contribution is 6.32. The van der Waals surface area contributed by atoms with Gasteiger partial charge in [0.25, 0.3) is 5.91 Å². The van der Waals surface area contributed by atoms with Crippen LogP contribution in [-0.4, -0.2) is 25.9 Å². The first kappa shape index (κ1) is 22.5. The van der Waals surface area contributed by atoms with E-state index in [1.54, 1.807) is 0 Å². The van der Waals surface area contributed by atoms with Gasteiger partial charge < -0.3 is 5.32 Å². The van der Waals surface area contributed by atoms with Gasteiger partial charge in [-0.3, -0.25) is 9.78 Å². The summed E-state index contributed by atoms with van der Waals surface area (Å²) in [5, 5.41) is 10.3. The Hall–Kier alpha value is -3.15. The number of amides is 1. The standard InChI is InChI=1S/C18H12ClF6N5O/c1-9(14-15(13(19)2-3-26-14)30-27-4-5-28-30)29-16(31)10-6-11(17(20,21)22)8-12(7-10)18(23,24)25/h2-9H,1H3,(H,29,31). The number of nitrogens with one attached hydrogen (secondary N) is 1. The Bertz CT molecular complexity index is 1070. The smallest absolute Gasteiger partial charge is 0.344 e. The summed E-state index contributed by atoms with van der Waals surface area (Å²) in [6.07, 6.45) is -6.11. The van der Waals surface area contributed by atoms with E-state index < -0.39 is 41.0 Å². The van der Waals surface area contributed by atoms with Crippen LogP contribution in [0.5, 0.6) is 0 Å². The molecule has 0 bridgehead atoms. The van der Waals surface area contributed by atoms with Crippen LogP contribution in [0.25, 0.3) is 5.69 Å². The molecule has 0 saturated heterocycles. The predicted molar refractivity (Wildman–Crippen MR) is 96.5 cm³/mol. The maximum Gasteiger partial charge on any atom is 0.416 e. The lowest BCUT2D eigenvalue weighted by atomic mass is 10.0. The summed E-state index contributed by atoms with van der Waals surface area (Å²) in [6, 6.07) is 1.11. The molecular weight excluding hydrogens is 452 g/mol. The maximum atomic E-state index is 13.0. The fourth-order valence-corrected chi connectivity index (χ4v) is 2.95. The second kappa shape index (κ2) is 8.17. The lowest BCUT2D eigenvalue weighted by Gasteiger charge is -2.18. The minimum absolute atomic E-state index is 0.0553. The van der Waals surface area contributed by atoms with Gasteiger partial charge in [0.1, 0.15) is 5.69 Å². The molecule has 2 heterocycles. The van der Waals surface area contributed by atoms with Gasteiger partial charge >= 0.3 is 12.4 Å². The minimum Gasteiger partial charge on any atom is -0.344 e. The summed E-state index contributed by atoms with van der Waals surface area (Å²) < 4.78 is 78.2. The molecule has 1 aromatic carbocycles.